The van der Waals surface area contributed by atoms with Crippen molar-refractivity contribution in [1.82, 2.24) is 15.1 Å². The van der Waals surface area contributed by atoms with Gasteiger partial charge in [0.15, 0.2) is 0 Å². The van der Waals surface area contributed by atoms with Gasteiger partial charge in [0.2, 0.25) is 11.8 Å². The lowest BCUT2D eigenvalue weighted by atomic mass is 10.1. The summed E-state index contributed by atoms with van der Waals surface area (Å²) in [4.78, 5) is 12.4. The van der Waals surface area contributed by atoms with Crippen LogP contribution in [0.15, 0.2) is 48.5 Å². The Morgan fingerprint density at radius 2 is 2.06 bits per heavy atom. The lowest BCUT2D eigenvalue weighted by Crippen LogP contribution is -2.31. The van der Waals surface area contributed by atoms with Gasteiger partial charge in [-0.15, -0.1) is 0 Å². The monoisotopic (exact) mass is 453 g/mol. The molecule has 1 amide bonds. The van der Waals surface area contributed by atoms with Crippen molar-refractivity contribution >= 4 is 5.91 Å². The van der Waals surface area contributed by atoms with Gasteiger partial charge in [0.1, 0.15) is 17.3 Å². The van der Waals surface area contributed by atoms with Crippen LogP contribution in [0.3, 0.4) is 0 Å². The molecule has 4 rings (SSSR count). The summed E-state index contributed by atoms with van der Waals surface area (Å²) >= 11 is 0. The van der Waals surface area contributed by atoms with Crippen LogP contribution in [0.4, 0.5) is 4.39 Å². The molecule has 7 nitrogen and oxygen atoms in total. The Kier molecular flexibility index (Phi) is 7.24. The minimum Gasteiger partial charge on any atom is -0.497 e. The smallest absolute Gasteiger partial charge is 0.226 e. The van der Waals surface area contributed by atoms with Crippen LogP contribution in [-0.2, 0) is 16.0 Å². The van der Waals surface area contributed by atoms with Crippen LogP contribution in [-0.4, -0.2) is 42.1 Å². The molecule has 1 N–H and O–H groups in total. The molecule has 33 heavy (non-hydrogen) atoms. The third-order valence-electron chi connectivity index (χ3n) is 5.62. The zero-order valence-corrected chi connectivity index (χ0v) is 18.8. The molecule has 0 aliphatic carbocycles. The summed E-state index contributed by atoms with van der Waals surface area (Å²) in [6, 6.07) is 13.3. The summed E-state index contributed by atoms with van der Waals surface area (Å²) in [6.45, 7) is 3.15. The highest BCUT2D eigenvalue weighted by Gasteiger charge is 2.21. The van der Waals surface area contributed by atoms with Crippen molar-refractivity contribution in [2.45, 2.75) is 38.7 Å². The maximum atomic E-state index is 13.8. The van der Waals surface area contributed by atoms with E-state index in [0.717, 1.165) is 42.1 Å². The minimum atomic E-state index is -0.394. The molecule has 0 saturated carbocycles. The van der Waals surface area contributed by atoms with Crippen LogP contribution in [0.25, 0.3) is 5.69 Å². The quantitative estimate of drug-likeness (QED) is 0.522. The number of benzene rings is 2. The van der Waals surface area contributed by atoms with E-state index in [1.165, 1.54) is 12.1 Å². The van der Waals surface area contributed by atoms with Crippen LogP contribution in [0.2, 0.25) is 0 Å². The van der Waals surface area contributed by atoms with Crippen LogP contribution in [0.1, 0.15) is 30.5 Å². The zero-order chi connectivity index (χ0) is 23.2. The summed E-state index contributed by atoms with van der Waals surface area (Å²) in [6.07, 6.45) is 2.82. The van der Waals surface area contributed by atoms with Crippen LogP contribution in [0.5, 0.6) is 17.4 Å². The van der Waals surface area contributed by atoms with Crippen molar-refractivity contribution in [3.05, 3.63) is 65.6 Å². The van der Waals surface area contributed by atoms with Crippen molar-refractivity contribution in [2.24, 2.45) is 0 Å². The molecule has 0 spiro atoms. The first-order valence-electron chi connectivity index (χ1n) is 11.1. The number of methoxy groups -OCH3 is 1. The van der Waals surface area contributed by atoms with Gasteiger partial charge >= 0.3 is 0 Å². The first kappa shape index (κ1) is 22.8. The second-order valence-corrected chi connectivity index (χ2v) is 7.98. The lowest BCUT2D eigenvalue weighted by Gasteiger charge is -2.13. The van der Waals surface area contributed by atoms with E-state index < -0.39 is 5.82 Å². The molecule has 3 aromatic rings. The van der Waals surface area contributed by atoms with E-state index in [4.69, 9.17) is 14.2 Å². The Labute approximate surface area is 192 Å². The minimum absolute atomic E-state index is 0.0567. The van der Waals surface area contributed by atoms with Crippen molar-refractivity contribution in [1.29, 1.82) is 0 Å². The number of hydrogen-bond donors (Lipinski definition) is 1. The molecular formula is C25H28FN3O4. The Morgan fingerprint density at radius 1 is 1.24 bits per heavy atom. The number of hydrogen-bond acceptors (Lipinski definition) is 5. The van der Waals surface area contributed by atoms with Crippen molar-refractivity contribution in [3.63, 3.8) is 0 Å². The zero-order valence-electron chi connectivity index (χ0n) is 18.8. The Hall–Kier alpha value is -3.39. The highest BCUT2D eigenvalue weighted by atomic mass is 19.1. The number of ether oxygens (including phenoxy) is 3. The van der Waals surface area contributed by atoms with Gasteiger partial charge in [-0.1, -0.05) is 6.07 Å². The van der Waals surface area contributed by atoms with Gasteiger partial charge in [-0.2, -0.15) is 5.10 Å². The standard InChI is InChI=1S/C25H28FN3O4/c1-17-23(12-13-24(30)27-16-22-7-4-14-32-22)25(33-21-6-3-5-18(26)15-21)29(28-17)19-8-10-20(31-2)11-9-19/h3,5-6,8-11,15,22H,4,7,12-14,16H2,1-2H3,(H,27,30)/t22-/m1/s1. The number of nitrogens with zero attached hydrogens (tertiary/aromatic N) is 2. The van der Waals surface area contributed by atoms with Gasteiger partial charge in [-0.25, -0.2) is 9.07 Å². The number of rotatable bonds is 9. The maximum absolute atomic E-state index is 13.8. The van der Waals surface area contributed by atoms with E-state index in [1.54, 1.807) is 23.9 Å². The molecule has 2 heterocycles. The molecule has 1 saturated heterocycles. The fourth-order valence-corrected chi connectivity index (χ4v) is 3.83. The number of halogens is 1. The van der Waals surface area contributed by atoms with Crippen molar-refractivity contribution < 1.29 is 23.4 Å². The second kappa shape index (κ2) is 10.5. The number of carbonyl (C=O) groups excluding carboxylic acids is 1. The lowest BCUT2D eigenvalue weighted by molar-refractivity contribution is -0.121. The molecule has 1 aromatic heterocycles. The second-order valence-electron chi connectivity index (χ2n) is 7.98. The molecule has 0 unspecified atom stereocenters. The molecule has 1 atom stereocenters. The molecule has 1 aliphatic heterocycles. The summed E-state index contributed by atoms with van der Waals surface area (Å²) in [5.41, 5.74) is 2.30. The van der Waals surface area contributed by atoms with Gasteiger partial charge in [-0.3, -0.25) is 4.79 Å². The molecule has 1 fully saturated rings. The number of carbonyl (C=O) groups is 1. The van der Waals surface area contributed by atoms with Gasteiger partial charge in [0.05, 0.1) is 24.6 Å². The number of aryl methyl sites for hydroxylation is 1. The predicted octanol–water partition coefficient (Wildman–Crippen LogP) is 4.35. The first-order valence-corrected chi connectivity index (χ1v) is 11.1. The van der Waals surface area contributed by atoms with E-state index in [2.05, 4.69) is 10.4 Å². The van der Waals surface area contributed by atoms with Crippen molar-refractivity contribution in [2.75, 3.05) is 20.3 Å². The fraction of sp³-hybridized carbons (Fsp3) is 0.360. The van der Waals surface area contributed by atoms with E-state index in [-0.39, 0.29) is 18.4 Å². The molecule has 0 radical (unpaired) electrons. The summed E-state index contributed by atoms with van der Waals surface area (Å²) in [5, 5.41) is 7.59. The molecule has 0 bridgehead atoms. The van der Waals surface area contributed by atoms with Gasteiger partial charge in [0, 0.05) is 31.2 Å². The molecule has 8 heteroatoms. The average Bonchev–Trinajstić information content (AvgIpc) is 3.44. The highest BCUT2D eigenvalue weighted by molar-refractivity contribution is 5.76. The van der Waals surface area contributed by atoms with E-state index in [1.807, 2.05) is 31.2 Å². The number of amides is 1. The summed E-state index contributed by atoms with van der Waals surface area (Å²) < 4.78 is 32.3. The predicted molar refractivity (Wildman–Crippen MR) is 122 cm³/mol. The molecule has 1 aliphatic rings. The van der Waals surface area contributed by atoms with Crippen LogP contribution < -0.4 is 14.8 Å². The van der Waals surface area contributed by atoms with Crippen LogP contribution >= 0.6 is 0 Å². The summed E-state index contributed by atoms with van der Waals surface area (Å²) in [7, 11) is 1.60. The van der Waals surface area contributed by atoms with Gasteiger partial charge in [-0.05, 0) is 62.6 Å². The van der Waals surface area contributed by atoms with E-state index in [9.17, 15) is 9.18 Å². The molecule has 2 aromatic carbocycles. The van der Waals surface area contributed by atoms with Gasteiger partial charge in [0.25, 0.3) is 0 Å². The summed E-state index contributed by atoms with van der Waals surface area (Å²) in [5.74, 6) is 1.08. The average molecular weight is 454 g/mol. The largest absolute Gasteiger partial charge is 0.497 e. The Bertz CT molecular complexity index is 1090. The van der Waals surface area contributed by atoms with Crippen LogP contribution in [0, 0.1) is 12.7 Å². The topological polar surface area (TPSA) is 74.6 Å². The maximum Gasteiger partial charge on any atom is 0.226 e. The third-order valence-corrected chi connectivity index (χ3v) is 5.62. The Morgan fingerprint density at radius 3 is 2.76 bits per heavy atom. The third kappa shape index (κ3) is 5.70. The first-order chi connectivity index (χ1) is 16.0. The normalized spacial score (nSPS) is 15.4. The fourth-order valence-electron chi connectivity index (χ4n) is 3.83. The SMILES string of the molecule is COc1ccc(-n2nc(C)c(CCC(=O)NC[C@H]3CCCO3)c2Oc2cccc(F)c2)cc1. The van der Waals surface area contributed by atoms with Gasteiger partial charge < -0.3 is 19.5 Å². The highest BCUT2D eigenvalue weighted by Crippen LogP contribution is 2.32. The number of nitrogens with one attached hydrogen (secondary N) is 1. The van der Waals surface area contributed by atoms with E-state index >= 15 is 0 Å². The molecule has 174 valence electrons. The Balaban J connectivity index is 1.56. The van der Waals surface area contributed by atoms with E-state index in [0.29, 0.717) is 24.6 Å². The van der Waals surface area contributed by atoms with Crippen molar-refractivity contribution in [3.8, 4) is 23.1 Å². The molecular weight excluding hydrogens is 425 g/mol. The number of aromatic nitrogens is 2.